The third kappa shape index (κ3) is 5.09. The van der Waals surface area contributed by atoms with Crippen molar-refractivity contribution in [3.05, 3.63) is 27.2 Å². The van der Waals surface area contributed by atoms with Crippen LogP contribution in [0.3, 0.4) is 0 Å². The second-order valence-corrected chi connectivity index (χ2v) is 7.94. The van der Waals surface area contributed by atoms with Crippen molar-refractivity contribution in [3.63, 3.8) is 0 Å². The molecule has 0 atom stereocenters. The Morgan fingerprint density at radius 2 is 1.57 bits per heavy atom. The molecule has 0 spiro atoms. The van der Waals surface area contributed by atoms with Crippen molar-refractivity contribution in [1.82, 2.24) is 15.0 Å². The average molecular weight is 499 g/mol. The lowest BCUT2D eigenvalue weighted by molar-refractivity contribution is 0.121. The lowest BCUT2D eigenvalue weighted by Crippen LogP contribution is -2.40. The zero-order valence-corrected chi connectivity index (χ0v) is 18.4. The number of rotatable bonds is 5. The van der Waals surface area contributed by atoms with E-state index >= 15 is 0 Å². The first-order valence-corrected chi connectivity index (χ1v) is 10.7. The molecule has 2 saturated heterocycles. The normalized spacial score (nSPS) is 17.5. The number of hydrogen-bond acceptors (Lipinski definition) is 10. The van der Waals surface area contributed by atoms with Gasteiger partial charge in [-0.25, -0.2) is 5.43 Å². The smallest absolute Gasteiger partial charge is 0.250 e. The molecule has 2 aliphatic rings. The average Bonchev–Trinajstić information content (AvgIpc) is 2.78. The van der Waals surface area contributed by atoms with Gasteiger partial charge in [-0.15, -0.1) is 0 Å². The number of ether oxygens (including phenoxy) is 2. The number of hydrazone groups is 1. The highest BCUT2D eigenvalue weighted by molar-refractivity contribution is 9.10. The summed E-state index contributed by atoms with van der Waals surface area (Å²) in [4.78, 5) is 17.8. The molecule has 10 nitrogen and oxygen atoms in total. The van der Waals surface area contributed by atoms with E-state index in [1.807, 2.05) is 0 Å². The van der Waals surface area contributed by atoms with E-state index in [0.717, 1.165) is 0 Å². The Hall–Kier alpha value is -2.21. The number of aromatic nitrogens is 3. The van der Waals surface area contributed by atoms with Gasteiger partial charge < -0.3 is 24.4 Å². The van der Waals surface area contributed by atoms with Crippen LogP contribution in [0.25, 0.3) is 0 Å². The van der Waals surface area contributed by atoms with E-state index in [0.29, 0.717) is 85.5 Å². The molecule has 0 bridgehead atoms. The quantitative estimate of drug-likeness (QED) is 0.473. The first-order valence-electron chi connectivity index (χ1n) is 9.49. The Morgan fingerprint density at radius 1 is 1.00 bits per heavy atom. The highest BCUT2D eigenvalue weighted by atomic mass is 79.9. The van der Waals surface area contributed by atoms with Crippen molar-refractivity contribution < 1.29 is 14.6 Å². The highest BCUT2D eigenvalue weighted by Crippen LogP contribution is 2.30. The number of benzene rings is 1. The number of hydrogen-bond donors (Lipinski definition) is 2. The van der Waals surface area contributed by atoms with Crippen molar-refractivity contribution >= 4 is 51.6 Å². The number of phenols is 1. The highest BCUT2D eigenvalue weighted by Gasteiger charge is 2.20. The first kappa shape index (κ1) is 21.0. The van der Waals surface area contributed by atoms with E-state index < -0.39 is 0 Å². The van der Waals surface area contributed by atoms with Crippen molar-refractivity contribution in [3.8, 4) is 5.75 Å². The van der Waals surface area contributed by atoms with Gasteiger partial charge in [0.25, 0.3) is 0 Å². The fourth-order valence-electron chi connectivity index (χ4n) is 3.06. The minimum absolute atomic E-state index is 0.0450. The molecule has 2 aliphatic heterocycles. The molecule has 3 heterocycles. The van der Waals surface area contributed by atoms with Crippen LogP contribution in [0.5, 0.6) is 5.75 Å². The number of nitrogens with zero attached hydrogens (tertiary/aromatic N) is 6. The SMILES string of the molecule is Oc1c(Br)cc(Cl)cc1/C=N\Nc1nc(N2CCOCC2)nc(N2CCOCC2)n1. The maximum Gasteiger partial charge on any atom is 0.250 e. The Kier molecular flexibility index (Phi) is 6.82. The molecule has 160 valence electrons. The largest absolute Gasteiger partial charge is 0.506 e. The fraction of sp³-hybridized carbons (Fsp3) is 0.444. The van der Waals surface area contributed by atoms with Gasteiger partial charge in [0.2, 0.25) is 17.8 Å². The topological polar surface area (TPSA) is 108 Å². The zero-order chi connectivity index (χ0) is 20.9. The van der Waals surface area contributed by atoms with Crippen LogP contribution in [-0.2, 0) is 9.47 Å². The Balaban J connectivity index is 1.58. The molecular weight excluding hydrogens is 478 g/mol. The molecule has 4 rings (SSSR count). The summed E-state index contributed by atoms with van der Waals surface area (Å²) in [6, 6.07) is 3.22. The predicted octanol–water partition coefficient (Wildman–Crippen LogP) is 2.11. The van der Waals surface area contributed by atoms with Gasteiger partial charge in [-0.1, -0.05) is 11.6 Å². The van der Waals surface area contributed by atoms with Crippen molar-refractivity contribution in [2.75, 3.05) is 67.8 Å². The fourth-order valence-corrected chi connectivity index (χ4v) is 3.89. The lowest BCUT2D eigenvalue weighted by Gasteiger charge is -2.30. The number of morpholine rings is 2. The van der Waals surface area contributed by atoms with Gasteiger partial charge in [-0.2, -0.15) is 20.1 Å². The van der Waals surface area contributed by atoms with E-state index in [1.54, 1.807) is 12.1 Å². The lowest BCUT2D eigenvalue weighted by atomic mass is 10.2. The van der Waals surface area contributed by atoms with Gasteiger partial charge in [-0.3, -0.25) is 0 Å². The van der Waals surface area contributed by atoms with Gasteiger partial charge in [0.1, 0.15) is 5.75 Å². The van der Waals surface area contributed by atoms with Crippen LogP contribution in [0, 0.1) is 0 Å². The summed E-state index contributed by atoms with van der Waals surface area (Å²) in [6.07, 6.45) is 1.46. The second kappa shape index (κ2) is 9.73. The molecule has 1 aromatic heterocycles. The van der Waals surface area contributed by atoms with Crippen molar-refractivity contribution in [1.29, 1.82) is 0 Å². The van der Waals surface area contributed by atoms with E-state index in [2.05, 4.69) is 51.2 Å². The van der Waals surface area contributed by atoms with Crippen LogP contribution in [0.2, 0.25) is 5.02 Å². The van der Waals surface area contributed by atoms with Crippen LogP contribution >= 0.6 is 27.5 Å². The Bertz CT molecular complexity index is 885. The van der Waals surface area contributed by atoms with Gasteiger partial charge in [0, 0.05) is 36.8 Å². The summed E-state index contributed by atoms with van der Waals surface area (Å²) in [6.45, 7) is 5.34. The molecule has 0 unspecified atom stereocenters. The third-order valence-electron chi connectivity index (χ3n) is 4.63. The van der Waals surface area contributed by atoms with Gasteiger partial charge in [0.15, 0.2) is 0 Å². The third-order valence-corrected chi connectivity index (χ3v) is 5.45. The van der Waals surface area contributed by atoms with Crippen LogP contribution < -0.4 is 15.2 Å². The molecule has 0 amide bonds. The van der Waals surface area contributed by atoms with E-state index in [9.17, 15) is 5.11 Å². The summed E-state index contributed by atoms with van der Waals surface area (Å²) < 4.78 is 11.3. The molecule has 30 heavy (non-hydrogen) atoms. The zero-order valence-electron chi connectivity index (χ0n) is 16.1. The van der Waals surface area contributed by atoms with E-state index in [-0.39, 0.29) is 5.75 Å². The molecule has 0 radical (unpaired) electrons. The first-order chi connectivity index (χ1) is 14.6. The molecule has 0 aliphatic carbocycles. The molecule has 2 N–H and O–H groups in total. The molecule has 2 aromatic rings. The molecule has 2 fully saturated rings. The van der Waals surface area contributed by atoms with Crippen molar-refractivity contribution in [2.24, 2.45) is 5.10 Å². The maximum absolute atomic E-state index is 10.1. The van der Waals surface area contributed by atoms with Gasteiger partial charge >= 0.3 is 0 Å². The summed E-state index contributed by atoms with van der Waals surface area (Å²) in [5.41, 5.74) is 3.30. The predicted molar refractivity (Wildman–Crippen MR) is 118 cm³/mol. The van der Waals surface area contributed by atoms with Crippen molar-refractivity contribution in [2.45, 2.75) is 0 Å². The van der Waals surface area contributed by atoms with Gasteiger partial charge in [-0.05, 0) is 28.1 Å². The summed E-state index contributed by atoms with van der Waals surface area (Å²) in [5.74, 6) is 1.50. The van der Waals surface area contributed by atoms with Crippen LogP contribution in [-0.4, -0.2) is 78.9 Å². The van der Waals surface area contributed by atoms with Crippen LogP contribution in [0.15, 0.2) is 21.7 Å². The monoisotopic (exact) mass is 497 g/mol. The molecule has 0 saturated carbocycles. The number of anilines is 3. The van der Waals surface area contributed by atoms with Crippen LogP contribution in [0.4, 0.5) is 17.8 Å². The second-order valence-electron chi connectivity index (χ2n) is 6.65. The molecule has 1 aromatic carbocycles. The minimum atomic E-state index is 0.0450. The maximum atomic E-state index is 10.1. The van der Waals surface area contributed by atoms with Gasteiger partial charge in [0.05, 0.1) is 37.1 Å². The molecular formula is C18H21BrClN7O3. The summed E-state index contributed by atoms with van der Waals surface area (Å²) >= 11 is 9.30. The van der Waals surface area contributed by atoms with Crippen LogP contribution in [0.1, 0.15) is 5.56 Å². The minimum Gasteiger partial charge on any atom is -0.506 e. The Labute approximate surface area is 187 Å². The number of nitrogens with one attached hydrogen (secondary N) is 1. The van der Waals surface area contributed by atoms with E-state index in [4.69, 9.17) is 21.1 Å². The number of aromatic hydroxyl groups is 1. The number of phenolic OH excluding ortho intramolecular Hbond substituents is 1. The molecule has 12 heteroatoms. The van der Waals surface area contributed by atoms with E-state index in [1.165, 1.54) is 6.21 Å². The summed E-state index contributed by atoms with van der Waals surface area (Å²) in [7, 11) is 0. The standard InChI is InChI=1S/C18H21BrClN7O3/c19-14-10-13(20)9-12(15(14)28)11-21-25-16-22-17(26-1-5-29-6-2-26)24-18(23-16)27-3-7-30-8-4-27/h9-11,28H,1-8H2,(H,22,23,24,25)/b21-11-. The number of halogens is 2. The summed E-state index contributed by atoms with van der Waals surface area (Å²) in [5, 5.41) is 14.8. The Morgan fingerprint density at radius 3 is 2.13 bits per heavy atom.